The first-order chi connectivity index (χ1) is 37.1. The number of anilines is 1. The number of aliphatic hydroxyl groups is 1. The van der Waals surface area contributed by atoms with Crippen molar-refractivity contribution in [3.05, 3.63) is 70.9 Å². The van der Waals surface area contributed by atoms with Crippen molar-refractivity contribution >= 4 is 50.2 Å². The van der Waals surface area contributed by atoms with Gasteiger partial charge in [-0.15, -0.1) is 0 Å². The van der Waals surface area contributed by atoms with E-state index < -0.39 is 23.2 Å². The number of halogens is 2. The third-order valence-corrected chi connectivity index (χ3v) is 16.9. The van der Waals surface area contributed by atoms with E-state index in [0.29, 0.717) is 90.6 Å². The first-order valence-corrected chi connectivity index (χ1v) is 27.9. The average Bonchev–Trinajstić information content (AvgIpc) is 4.18. The molecule has 410 valence electrons. The summed E-state index contributed by atoms with van der Waals surface area (Å²) in [6.07, 6.45) is 8.48. The summed E-state index contributed by atoms with van der Waals surface area (Å²) in [4.78, 5) is 46.6. The number of carbonyl (C=O) groups excluding carboxylic acids is 2. The fourth-order valence-electron chi connectivity index (χ4n) is 12.8. The van der Waals surface area contributed by atoms with Gasteiger partial charge in [-0.2, -0.15) is 15.1 Å². The van der Waals surface area contributed by atoms with Crippen LogP contribution < -0.4 is 24.4 Å². The van der Waals surface area contributed by atoms with Gasteiger partial charge in [0.1, 0.15) is 34.0 Å². The van der Waals surface area contributed by atoms with E-state index >= 15 is 8.78 Å². The quantitative estimate of drug-likeness (QED) is 0.0656. The van der Waals surface area contributed by atoms with Crippen LogP contribution in [0.15, 0.2) is 42.5 Å². The molecule has 16 nitrogen and oxygen atoms in total. The van der Waals surface area contributed by atoms with Crippen molar-refractivity contribution in [3.8, 4) is 28.9 Å². The zero-order valence-corrected chi connectivity index (χ0v) is 45.4. The number of fused-ring (bicyclic) bond motifs is 3. The first-order valence-electron chi connectivity index (χ1n) is 27.9. The lowest BCUT2D eigenvalue weighted by Crippen LogP contribution is -2.46. The number of benzene rings is 3. The van der Waals surface area contributed by atoms with Crippen LogP contribution in [0.3, 0.4) is 0 Å². The zero-order valence-electron chi connectivity index (χ0n) is 45.4. The molecular weight excluding hydrogens is 985 g/mol. The Morgan fingerprint density at radius 3 is 2.40 bits per heavy atom. The minimum absolute atomic E-state index is 0.0364. The lowest BCUT2D eigenvalue weighted by atomic mass is 9.86. The van der Waals surface area contributed by atoms with Crippen LogP contribution in [0.1, 0.15) is 121 Å². The van der Waals surface area contributed by atoms with Gasteiger partial charge in [0.25, 0.3) is 0 Å². The molecule has 11 rings (SSSR count). The highest BCUT2D eigenvalue weighted by molar-refractivity contribution is 6.04. The molecule has 1 saturated carbocycles. The van der Waals surface area contributed by atoms with Crippen molar-refractivity contribution in [3.63, 3.8) is 0 Å². The molecule has 6 aromatic rings. The molecule has 1 unspecified atom stereocenters. The summed E-state index contributed by atoms with van der Waals surface area (Å²) in [7, 11) is 3.48. The number of piperidine rings is 4. The van der Waals surface area contributed by atoms with Crippen molar-refractivity contribution < 1.29 is 42.4 Å². The molecule has 4 aliphatic heterocycles. The van der Waals surface area contributed by atoms with Crippen molar-refractivity contribution in [1.29, 1.82) is 0 Å². The van der Waals surface area contributed by atoms with Gasteiger partial charge >= 0.3 is 6.01 Å². The number of methoxy groups -OCH3 is 1. The molecule has 18 heteroatoms. The van der Waals surface area contributed by atoms with Crippen molar-refractivity contribution in [2.24, 2.45) is 18.4 Å². The van der Waals surface area contributed by atoms with Crippen LogP contribution >= 0.6 is 0 Å². The summed E-state index contributed by atoms with van der Waals surface area (Å²) in [5, 5.41) is 21.2. The Morgan fingerprint density at radius 2 is 1.69 bits per heavy atom. The van der Waals surface area contributed by atoms with Gasteiger partial charge in [-0.1, -0.05) is 31.2 Å². The molecule has 2 amide bonds. The van der Waals surface area contributed by atoms with Gasteiger partial charge in [-0.3, -0.25) is 19.6 Å². The second-order valence-corrected chi connectivity index (χ2v) is 23.2. The van der Waals surface area contributed by atoms with E-state index in [1.54, 1.807) is 25.1 Å². The van der Waals surface area contributed by atoms with Crippen LogP contribution in [-0.2, 0) is 27.8 Å². The topological polar surface area (TPSA) is 170 Å². The highest BCUT2D eigenvalue weighted by atomic mass is 19.1. The van der Waals surface area contributed by atoms with Gasteiger partial charge in [0, 0.05) is 63.1 Å². The molecule has 4 saturated heterocycles. The van der Waals surface area contributed by atoms with Crippen molar-refractivity contribution in [2.75, 3.05) is 77.8 Å². The predicted octanol–water partition coefficient (Wildman–Crippen LogP) is 8.96. The maximum atomic E-state index is 17.9. The van der Waals surface area contributed by atoms with E-state index in [2.05, 4.69) is 33.3 Å². The largest absolute Gasteiger partial charge is 0.474 e. The van der Waals surface area contributed by atoms with Crippen LogP contribution in [-0.4, -0.2) is 136 Å². The Balaban J connectivity index is 0.789. The molecule has 5 fully saturated rings. The maximum absolute atomic E-state index is 17.9. The fraction of sp³-hybridized carbons (Fsp3) is 0.559. The minimum atomic E-state index is -1.02. The van der Waals surface area contributed by atoms with Crippen LogP contribution in [0.25, 0.3) is 43.8 Å². The summed E-state index contributed by atoms with van der Waals surface area (Å²) >= 11 is 0. The molecule has 7 heterocycles. The third-order valence-electron chi connectivity index (χ3n) is 16.9. The molecule has 5 aliphatic rings. The Morgan fingerprint density at radius 1 is 0.909 bits per heavy atom. The monoisotopic (exact) mass is 1060 g/mol. The number of carbonyl (C=O) groups is 2. The van der Waals surface area contributed by atoms with E-state index in [1.165, 1.54) is 18.7 Å². The highest BCUT2D eigenvalue weighted by Gasteiger charge is 2.46. The van der Waals surface area contributed by atoms with Gasteiger partial charge in [-0.25, -0.2) is 13.8 Å². The van der Waals surface area contributed by atoms with Gasteiger partial charge in [0.05, 0.1) is 35.4 Å². The standard InChI is InChI=1S/C59H73F2N9O7/c1-7-40-45(60)14-12-38-28-39(76-34-74-6)29-44(47(38)40)51-49(61)52-48(56(63-51)77-35(2)3)54(70-23-9-20-58(4,73)31-70)65-57(64-52)75-33-59(21-22-59)32-69-24-16-36(17-25-69)30-68-26-18-37(19-27-68)41-10-8-11-42-50(66-67(5)53(41)42)43-13-15-46(71)62-55(43)72/h8,10-12,14,28-29,35-37,43,73H,7,9,13,15-27,30-34H2,1-6H3,(H,62,71,72)/t43?,58-/m1/s1. The number of hydrogen-bond acceptors (Lipinski definition) is 14. The molecule has 77 heavy (non-hydrogen) atoms. The number of amides is 2. The highest BCUT2D eigenvalue weighted by Crippen LogP contribution is 2.48. The van der Waals surface area contributed by atoms with Crippen LogP contribution in [0, 0.1) is 23.0 Å². The fourth-order valence-corrected chi connectivity index (χ4v) is 12.8. The van der Waals surface area contributed by atoms with E-state index in [0.717, 1.165) is 94.4 Å². The molecule has 0 radical (unpaired) electrons. The van der Waals surface area contributed by atoms with Gasteiger partial charge < -0.3 is 38.8 Å². The number of β-amino-alcohol motifs (C(OH)–C–C–N with tert-alkyl or cyclic N) is 1. The minimum Gasteiger partial charge on any atom is -0.474 e. The summed E-state index contributed by atoms with van der Waals surface area (Å²) in [5.41, 5.74) is 2.68. The summed E-state index contributed by atoms with van der Waals surface area (Å²) in [5.74, 6) is -0.106. The Kier molecular flexibility index (Phi) is 14.9. The smallest absolute Gasteiger partial charge is 0.319 e. The second-order valence-electron chi connectivity index (χ2n) is 23.2. The van der Waals surface area contributed by atoms with E-state index in [4.69, 9.17) is 39.0 Å². The number of aromatic nitrogens is 5. The SMILES string of the molecule is CCc1c(F)ccc2cc(OCOC)cc(-c3nc(OC(C)C)c4c(N5CCC[C@@](C)(O)C5)nc(OCC5(CN6CCC(CN7CCC(c8cccc9c(C%10CCC(=O)NC%10=O)nn(C)c89)CC7)CC6)CC5)nc4c3F)c12. The van der Waals surface area contributed by atoms with Crippen LogP contribution in [0.2, 0.25) is 0 Å². The predicted molar refractivity (Wildman–Crippen MR) is 290 cm³/mol. The number of aryl methyl sites for hydroxylation is 2. The molecule has 2 N–H and O–H groups in total. The number of nitrogens with one attached hydrogen (secondary N) is 1. The first kappa shape index (κ1) is 52.9. The molecule has 1 aliphatic carbocycles. The molecule has 3 aromatic heterocycles. The number of ether oxygens (including phenoxy) is 4. The number of hydrogen-bond donors (Lipinski definition) is 2. The Hall–Kier alpha value is -6.08. The molecule has 3 aromatic carbocycles. The lowest BCUT2D eigenvalue weighted by molar-refractivity contribution is -0.134. The van der Waals surface area contributed by atoms with E-state index in [9.17, 15) is 14.7 Å². The molecular formula is C59H73F2N9O7. The Bertz CT molecular complexity index is 3200. The van der Waals surface area contributed by atoms with E-state index in [1.807, 2.05) is 37.4 Å². The zero-order chi connectivity index (χ0) is 53.8. The Labute approximate surface area is 448 Å². The van der Waals surface area contributed by atoms with Gasteiger partial charge in [0.2, 0.25) is 17.7 Å². The average molecular weight is 1060 g/mol. The molecule has 2 atom stereocenters. The molecule has 0 bridgehead atoms. The number of imide groups is 1. The third kappa shape index (κ3) is 10.9. The van der Waals surface area contributed by atoms with Gasteiger partial charge in [-0.05, 0) is 163 Å². The van der Waals surface area contributed by atoms with Crippen LogP contribution in [0.4, 0.5) is 14.6 Å². The summed E-state index contributed by atoms with van der Waals surface area (Å²) < 4.78 is 59.6. The summed E-state index contributed by atoms with van der Waals surface area (Å²) in [6, 6.07) is 12.9. The normalized spacial score (nSPS) is 21.9. The van der Waals surface area contributed by atoms with Crippen molar-refractivity contribution in [2.45, 2.75) is 122 Å². The van der Waals surface area contributed by atoms with E-state index in [-0.39, 0.29) is 65.2 Å². The van der Waals surface area contributed by atoms with Gasteiger partial charge in [0.15, 0.2) is 12.6 Å². The molecule has 0 spiro atoms. The maximum Gasteiger partial charge on any atom is 0.319 e. The lowest BCUT2D eigenvalue weighted by Gasteiger charge is -2.39. The number of pyridine rings is 1. The number of para-hydroxylation sites is 1. The second kappa shape index (κ2) is 21.6. The number of nitrogens with zero attached hydrogens (tertiary/aromatic N) is 8. The number of rotatable bonds is 17. The van der Waals surface area contributed by atoms with Crippen molar-refractivity contribution in [1.82, 2.24) is 39.8 Å². The summed E-state index contributed by atoms with van der Waals surface area (Å²) in [6.45, 7) is 14.6. The number of likely N-dealkylation sites (tertiary alicyclic amines) is 2. The van der Waals surface area contributed by atoms with Crippen LogP contribution in [0.5, 0.6) is 17.6 Å².